The largest absolute Gasteiger partial charge is 0.478 e. The van der Waals surface area contributed by atoms with E-state index in [4.69, 9.17) is 9.84 Å². The average Bonchev–Trinajstić information content (AvgIpc) is 2.39. The fraction of sp³-hybridized carbons (Fsp3) is 0.462. The summed E-state index contributed by atoms with van der Waals surface area (Å²) in [5.74, 6) is -1.62. The summed E-state index contributed by atoms with van der Waals surface area (Å²) in [6.45, 7) is 1.45. The monoisotopic (exact) mass is 253 g/mol. The van der Waals surface area contributed by atoms with E-state index < -0.39 is 11.8 Å². The maximum Gasteiger partial charge on any atom is 0.337 e. The van der Waals surface area contributed by atoms with Crippen molar-refractivity contribution >= 4 is 11.7 Å². The van der Waals surface area contributed by atoms with Gasteiger partial charge in [-0.05, 0) is 31.0 Å². The van der Waals surface area contributed by atoms with E-state index in [0.29, 0.717) is 5.69 Å². The van der Waals surface area contributed by atoms with Crippen molar-refractivity contribution in [3.05, 3.63) is 29.6 Å². The number of rotatable bonds is 3. The fourth-order valence-corrected chi connectivity index (χ4v) is 2.29. The Morgan fingerprint density at radius 3 is 2.67 bits per heavy atom. The van der Waals surface area contributed by atoms with E-state index >= 15 is 0 Å². The van der Waals surface area contributed by atoms with Gasteiger partial charge in [-0.1, -0.05) is 0 Å². The third-order valence-electron chi connectivity index (χ3n) is 3.31. The summed E-state index contributed by atoms with van der Waals surface area (Å²) in [7, 11) is 1.68. The van der Waals surface area contributed by atoms with Crippen molar-refractivity contribution < 1.29 is 19.0 Å². The maximum absolute atomic E-state index is 13.1. The molecular formula is C13H16FNO3. The van der Waals surface area contributed by atoms with Crippen LogP contribution in [-0.2, 0) is 4.74 Å². The van der Waals surface area contributed by atoms with Gasteiger partial charge < -0.3 is 14.7 Å². The average molecular weight is 253 g/mol. The zero-order valence-corrected chi connectivity index (χ0v) is 10.2. The van der Waals surface area contributed by atoms with E-state index in [1.54, 1.807) is 7.11 Å². The van der Waals surface area contributed by atoms with E-state index in [-0.39, 0.29) is 11.7 Å². The molecular weight excluding hydrogens is 237 g/mol. The highest BCUT2D eigenvalue weighted by molar-refractivity contribution is 5.94. The van der Waals surface area contributed by atoms with Gasteiger partial charge in [0, 0.05) is 20.2 Å². The second-order valence-corrected chi connectivity index (χ2v) is 4.39. The van der Waals surface area contributed by atoms with Gasteiger partial charge in [0.15, 0.2) is 0 Å². The van der Waals surface area contributed by atoms with Crippen molar-refractivity contribution in [2.45, 2.75) is 18.9 Å². The molecule has 1 fully saturated rings. The summed E-state index contributed by atoms with van der Waals surface area (Å²) >= 11 is 0. The van der Waals surface area contributed by atoms with Gasteiger partial charge in [0.1, 0.15) is 5.82 Å². The van der Waals surface area contributed by atoms with Crippen molar-refractivity contribution in [3.8, 4) is 0 Å². The number of carbonyl (C=O) groups is 1. The van der Waals surface area contributed by atoms with Crippen LogP contribution in [0.3, 0.4) is 0 Å². The number of benzene rings is 1. The first-order chi connectivity index (χ1) is 8.61. The molecule has 1 N–H and O–H groups in total. The molecule has 1 aromatic carbocycles. The van der Waals surface area contributed by atoms with Crippen LogP contribution in [0.5, 0.6) is 0 Å². The molecule has 0 amide bonds. The molecule has 5 heteroatoms. The number of carboxylic acids is 1. The molecule has 2 rings (SSSR count). The first-order valence-electron chi connectivity index (χ1n) is 5.92. The summed E-state index contributed by atoms with van der Waals surface area (Å²) in [5.41, 5.74) is 0.601. The highest BCUT2D eigenvalue weighted by atomic mass is 19.1. The maximum atomic E-state index is 13.1. The number of hydrogen-bond acceptors (Lipinski definition) is 3. The van der Waals surface area contributed by atoms with Gasteiger partial charge in [0.2, 0.25) is 0 Å². The first kappa shape index (κ1) is 12.8. The topological polar surface area (TPSA) is 49.8 Å². The first-order valence-corrected chi connectivity index (χ1v) is 5.92. The molecule has 0 aromatic heterocycles. The number of hydrogen-bond donors (Lipinski definition) is 1. The summed E-state index contributed by atoms with van der Waals surface area (Å²) in [6.07, 6.45) is 1.94. The smallest absolute Gasteiger partial charge is 0.337 e. The lowest BCUT2D eigenvalue weighted by atomic mass is 10.0. The minimum Gasteiger partial charge on any atom is -0.478 e. The lowest BCUT2D eigenvalue weighted by molar-refractivity contribution is 0.0696. The number of piperidine rings is 1. The van der Waals surface area contributed by atoms with Crippen LogP contribution >= 0.6 is 0 Å². The van der Waals surface area contributed by atoms with E-state index in [1.807, 2.05) is 4.90 Å². The third kappa shape index (κ3) is 2.61. The Balaban J connectivity index is 2.21. The molecule has 18 heavy (non-hydrogen) atoms. The standard InChI is InChI=1S/C13H16FNO3/c1-18-10-4-6-15(7-5-10)12-3-2-9(14)8-11(12)13(16)17/h2-3,8,10H,4-7H2,1H3,(H,16,17). The summed E-state index contributed by atoms with van der Waals surface area (Å²) in [6, 6.07) is 3.90. The molecule has 1 heterocycles. The Kier molecular flexibility index (Phi) is 3.81. The van der Waals surface area contributed by atoms with Gasteiger partial charge in [-0.15, -0.1) is 0 Å². The van der Waals surface area contributed by atoms with Crippen LogP contribution in [0.15, 0.2) is 18.2 Å². The predicted molar refractivity (Wildman–Crippen MR) is 65.6 cm³/mol. The number of nitrogens with zero attached hydrogens (tertiary/aromatic N) is 1. The lowest BCUT2D eigenvalue weighted by Gasteiger charge is -2.33. The number of methoxy groups -OCH3 is 1. The van der Waals surface area contributed by atoms with E-state index in [9.17, 15) is 9.18 Å². The minimum atomic E-state index is -1.10. The van der Waals surface area contributed by atoms with E-state index in [0.717, 1.165) is 32.0 Å². The zero-order chi connectivity index (χ0) is 13.1. The van der Waals surface area contributed by atoms with Crippen molar-refractivity contribution in [3.63, 3.8) is 0 Å². The van der Waals surface area contributed by atoms with Gasteiger partial charge in [0.25, 0.3) is 0 Å². The van der Waals surface area contributed by atoms with Crippen LogP contribution in [0.4, 0.5) is 10.1 Å². The molecule has 4 nitrogen and oxygen atoms in total. The number of aromatic carboxylic acids is 1. The Morgan fingerprint density at radius 1 is 1.44 bits per heavy atom. The highest BCUT2D eigenvalue weighted by Crippen LogP contribution is 2.25. The number of ether oxygens (including phenoxy) is 1. The number of anilines is 1. The molecule has 0 atom stereocenters. The molecule has 1 saturated heterocycles. The Morgan fingerprint density at radius 2 is 2.11 bits per heavy atom. The van der Waals surface area contributed by atoms with Crippen LogP contribution in [0, 0.1) is 5.82 Å². The summed E-state index contributed by atoms with van der Waals surface area (Å²) in [5, 5.41) is 9.10. The molecule has 1 aromatic rings. The molecule has 0 unspecified atom stereocenters. The van der Waals surface area contributed by atoms with Crippen LogP contribution in [0.2, 0.25) is 0 Å². The third-order valence-corrected chi connectivity index (χ3v) is 3.31. The minimum absolute atomic E-state index is 0.0193. The Labute approximate surface area is 105 Å². The second kappa shape index (κ2) is 5.35. The second-order valence-electron chi connectivity index (χ2n) is 4.39. The highest BCUT2D eigenvalue weighted by Gasteiger charge is 2.22. The molecule has 0 bridgehead atoms. The normalized spacial score (nSPS) is 16.9. The lowest BCUT2D eigenvalue weighted by Crippen LogP contribution is -2.37. The van der Waals surface area contributed by atoms with Crippen molar-refractivity contribution in [2.75, 3.05) is 25.1 Å². The molecule has 0 aliphatic carbocycles. The van der Waals surface area contributed by atoms with Crippen molar-refractivity contribution in [1.82, 2.24) is 0 Å². The summed E-state index contributed by atoms with van der Waals surface area (Å²) < 4.78 is 18.4. The van der Waals surface area contributed by atoms with E-state index in [2.05, 4.69) is 0 Å². The van der Waals surface area contributed by atoms with Gasteiger partial charge in [-0.2, -0.15) is 0 Å². The molecule has 98 valence electrons. The molecule has 0 radical (unpaired) electrons. The molecule has 1 aliphatic heterocycles. The SMILES string of the molecule is COC1CCN(c2ccc(F)cc2C(=O)O)CC1. The number of halogens is 1. The van der Waals surface area contributed by atoms with E-state index in [1.165, 1.54) is 12.1 Å². The van der Waals surface area contributed by atoms with Gasteiger partial charge in [-0.3, -0.25) is 0 Å². The van der Waals surface area contributed by atoms with Gasteiger partial charge >= 0.3 is 5.97 Å². The molecule has 0 spiro atoms. The predicted octanol–water partition coefficient (Wildman–Crippen LogP) is 2.14. The van der Waals surface area contributed by atoms with Crippen molar-refractivity contribution in [1.29, 1.82) is 0 Å². The van der Waals surface area contributed by atoms with Crippen LogP contribution in [0.25, 0.3) is 0 Å². The Hall–Kier alpha value is -1.62. The van der Waals surface area contributed by atoms with Gasteiger partial charge in [0.05, 0.1) is 17.4 Å². The molecule has 0 saturated carbocycles. The van der Waals surface area contributed by atoms with Gasteiger partial charge in [-0.25, -0.2) is 9.18 Å². The summed E-state index contributed by atoms with van der Waals surface area (Å²) in [4.78, 5) is 13.1. The molecule has 1 aliphatic rings. The quantitative estimate of drug-likeness (QED) is 0.896. The van der Waals surface area contributed by atoms with Crippen LogP contribution in [0.1, 0.15) is 23.2 Å². The fourth-order valence-electron chi connectivity index (χ4n) is 2.29. The zero-order valence-electron chi connectivity index (χ0n) is 10.2. The Bertz CT molecular complexity index is 442. The number of carboxylic acid groups (broad SMARTS) is 1. The van der Waals surface area contributed by atoms with Crippen LogP contribution < -0.4 is 4.90 Å². The van der Waals surface area contributed by atoms with Crippen molar-refractivity contribution in [2.24, 2.45) is 0 Å². The van der Waals surface area contributed by atoms with Crippen LogP contribution in [-0.4, -0.2) is 37.4 Å².